The standard InChI is InChI=1S/C13H17ClN2O/c14-11-5-3-10(4-6-11)8-13(17)16-7-1-2-12(15)9-16/h3-6,12H,1-2,7-9,15H2. The smallest absolute Gasteiger partial charge is 0.227 e. The molecule has 2 N–H and O–H groups in total. The van der Waals surface area contributed by atoms with E-state index in [0.29, 0.717) is 18.0 Å². The van der Waals surface area contributed by atoms with E-state index in [1.165, 1.54) is 0 Å². The van der Waals surface area contributed by atoms with Crippen molar-refractivity contribution < 1.29 is 4.79 Å². The molecule has 1 atom stereocenters. The van der Waals surface area contributed by atoms with E-state index in [0.717, 1.165) is 24.9 Å². The lowest BCUT2D eigenvalue weighted by Gasteiger charge is -2.30. The van der Waals surface area contributed by atoms with Crippen LogP contribution in [0.4, 0.5) is 0 Å². The molecule has 4 heteroatoms. The van der Waals surface area contributed by atoms with E-state index in [9.17, 15) is 4.79 Å². The molecule has 0 spiro atoms. The first-order valence-corrected chi connectivity index (χ1v) is 6.31. The lowest BCUT2D eigenvalue weighted by Crippen LogP contribution is -2.46. The highest BCUT2D eigenvalue weighted by Gasteiger charge is 2.20. The van der Waals surface area contributed by atoms with Crippen molar-refractivity contribution in [2.75, 3.05) is 13.1 Å². The molecule has 92 valence electrons. The molecule has 1 saturated heterocycles. The number of nitrogens with zero attached hydrogens (tertiary/aromatic N) is 1. The van der Waals surface area contributed by atoms with E-state index < -0.39 is 0 Å². The highest BCUT2D eigenvalue weighted by Crippen LogP contribution is 2.13. The lowest BCUT2D eigenvalue weighted by atomic mass is 10.1. The second-order valence-electron chi connectivity index (χ2n) is 4.55. The molecule has 0 aromatic heterocycles. The molecule has 0 saturated carbocycles. The van der Waals surface area contributed by atoms with Crippen LogP contribution in [0.1, 0.15) is 18.4 Å². The Labute approximate surface area is 107 Å². The van der Waals surface area contributed by atoms with Crippen LogP contribution in [0.5, 0.6) is 0 Å². The number of amides is 1. The van der Waals surface area contributed by atoms with Crippen molar-refractivity contribution in [2.24, 2.45) is 5.73 Å². The van der Waals surface area contributed by atoms with E-state index in [1.54, 1.807) is 0 Å². The summed E-state index contributed by atoms with van der Waals surface area (Å²) in [4.78, 5) is 13.9. The van der Waals surface area contributed by atoms with Gasteiger partial charge in [-0.1, -0.05) is 23.7 Å². The summed E-state index contributed by atoms with van der Waals surface area (Å²) in [5.41, 5.74) is 6.86. The van der Waals surface area contributed by atoms with Gasteiger partial charge >= 0.3 is 0 Å². The first kappa shape index (κ1) is 12.4. The monoisotopic (exact) mass is 252 g/mol. The average molecular weight is 253 g/mol. The highest BCUT2D eigenvalue weighted by molar-refractivity contribution is 6.30. The van der Waals surface area contributed by atoms with Gasteiger partial charge in [0, 0.05) is 24.2 Å². The van der Waals surface area contributed by atoms with Gasteiger partial charge in [0.2, 0.25) is 5.91 Å². The number of carbonyl (C=O) groups is 1. The van der Waals surface area contributed by atoms with Crippen molar-refractivity contribution in [1.29, 1.82) is 0 Å². The van der Waals surface area contributed by atoms with Crippen LogP contribution in [-0.4, -0.2) is 29.9 Å². The molecule has 0 radical (unpaired) electrons. The Morgan fingerprint density at radius 3 is 2.76 bits per heavy atom. The fourth-order valence-corrected chi connectivity index (χ4v) is 2.25. The Bertz CT molecular complexity index is 391. The Kier molecular flexibility index (Phi) is 4.02. The summed E-state index contributed by atoms with van der Waals surface area (Å²) in [6.07, 6.45) is 2.46. The minimum Gasteiger partial charge on any atom is -0.341 e. The predicted octanol–water partition coefficient (Wildman–Crippen LogP) is 1.83. The van der Waals surface area contributed by atoms with E-state index in [1.807, 2.05) is 29.2 Å². The molecule has 1 aromatic rings. The number of hydrogen-bond donors (Lipinski definition) is 1. The Morgan fingerprint density at radius 2 is 2.12 bits per heavy atom. The number of carbonyl (C=O) groups excluding carboxylic acids is 1. The van der Waals surface area contributed by atoms with Crippen molar-refractivity contribution in [3.8, 4) is 0 Å². The molecule has 1 unspecified atom stereocenters. The Morgan fingerprint density at radius 1 is 1.41 bits per heavy atom. The summed E-state index contributed by atoms with van der Waals surface area (Å²) in [7, 11) is 0. The molecule has 2 rings (SSSR count). The minimum absolute atomic E-state index is 0.137. The molecule has 1 amide bonds. The minimum atomic E-state index is 0.137. The molecule has 1 aliphatic rings. The first-order chi connectivity index (χ1) is 8.15. The van der Waals surface area contributed by atoms with Crippen molar-refractivity contribution in [3.05, 3.63) is 34.9 Å². The maximum absolute atomic E-state index is 12.0. The second-order valence-corrected chi connectivity index (χ2v) is 4.98. The van der Waals surface area contributed by atoms with Gasteiger partial charge in [-0.2, -0.15) is 0 Å². The van der Waals surface area contributed by atoms with Gasteiger partial charge in [0.25, 0.3) is 0 Å². The summed E-state index contributed by atoms with van der Waals surface area (Å²) >= 11 is 5.80. The van der Waals surface area contributed by atoms with Crippen LogP contribution in [-0.2, 0) is 11.2 Å². The third-order valence-corrected chi connectivity index (χ3v) is 3.33. The molecule has 3 nitrogen and oxygen atoms in total. The van der Waals surface area contributed by atoms with Crippen molar-refractivity contribution in [1.82, 2.24) is 4.90 Å². The summed E-state index contributed by atoms with van der Waals surface area (Å²) < 4.78 is 0. The van der Waals surface area contributed by atoms with Gasteiger partial charge in [-0.15, -0.1) is 0 Å². The van der Waals surface area contributed by atoms with Crippen molar-refractivity contribution in [3.63, 3.8) is 0 Å². The van der Waals surface area contributed by atoms with Crippen LogP contribution in [0.3, 0.4) is 0 Å². The Balaban J connectivity index is 1.94. The zero-order chi connectivity index (χ0) is 12.3. The summed E-state index contributed by atoms with van der Waals surface area (Å²) in [6, 6.07) is 7.55. The quantitative estimate of drug-likeness (QED) is 0.873. The molecular formula is C13H17ClN2O. The molecule has 0 bridgehead atoms. The van der Waals surface area contributed by atoms with Crippen LogP contribution in [0, 0.1) is 0 Å². The van der Waals surface area contributed by atoms with E-state index in [4.69, 9.17) is 17.3 Å². The molecule has 1 aliphatic heterocycles. The van der Waals surface area contributed by atoms with Crippen LogP contribution in [0.2, 0.25) is 5.02 Å². The number of piperidine rings is 1. The molecule has 1 fully saturated rings. The molecular weight excluding hydrogens is 236 g/mol. The zero-order valence-electron chi connectivity index (χ0n) is 9.73. The number of benzene rings is 1. The molecule has 0 aliphatic carbocycles. The first-order valence-electron chi connectivity index (χ1n) is 5.93. The van der Waals surface area contributed by atoms with E-state index in [2.05, 4.69) is 0 Å². The number of halogens is 1. The van der Waals surface area contributed by atoms with Crippen molar-refractivity contribution >= 4 is 17.5 Å². The normalized spacial score (nSPS) is 20.4. The zero-order valence-corrected chi connectivity index (χ0v) is 10.5. The van der Waals surface area contributed by atoms with E-state index >= 15 is 0 Å². The third kappa shape index (κ3) is 3.45. The molecule has 1 aromatic carbocycles. The SMILES string of the molecule is NC1CCCN(C(=O)Cc2ccc(Cl)cc2)C1. The maximum atomic E-state index is 12.0. The lowest BCUT2D eigenvalue weighted by molar-refractivity contribution is -0.131. The summed E-state index contributed by atoms with van der Waals surface area (Å²) in [5, 5.41) is 0.696. The van der Waals surface area contributed by atoms with Gasteiger partial charge in [-0.05, 0) is 30.5 Å². The predicted molar refractivity (Wildman–Crippen MR) is 68.9 cm³/mol. The largest absolute Gasteiger partial charge is 0.341 e. The third-order valence-electron chi connectivity index (χ3n) is 3.08. The number of rotatable bonds is 2. The van der Waals surface area contributed by atoms with Crippen LogP contribution >= 0.6 is 11.6 Å². The second kappa shape index (κ2) is 5.52. The topological polar surface area (TPSA) is 46.3 Å². The van der Waals surface area contributed by atoms with Crippen LogP contribution in [0.25, 0.3) is 0 Å². The van der Waals surface area contributed by atoms with Gasteiger partial charge in [-0.3, -0.25) is 4.79 Å². The Hall–Kier alpha value is -1.06. The van der Waals surface area contributed by atoms with Crippen molar-refractivity contribution in [2.45, 2.75) is 25.3 Å². The van der Waals surface area contributed by atoms with Gasteiger partial charge in [-0.25, -0.2) is 0 Å². The summed E-state index contributed by atoms with van der Waals surface area (Å²) in [6.45, 7) is 1.52. The maximum Gasteiger partial charge on any atom is 0.227 e. The fourth-order valence-electron chi connectivity index (χ4n) is 2.13. The molecule has 1 heterocycles. The van der Waals surface area contributed by atoms with E-state index in [-0.39, 0.29) is 11.9 Å². The molecule has 17 heavy (non-hydrogen) atoms. The van der Waals surface area contributed by atoms with Crippen LogP contribution in [0.15, 0.2) is 24.3 Å². The summed E-state index contributed by atoms with van der Waals surface area (Å²) in [5.74, 6) is 0.155. The van der Waals surface area contributed by atoms with Gasteiger partial charge < -0.3 is 10.6 Å². The highest BCUT2D eigenvalue weighted by atomic mass is 35.5. The average Bonchev–Trinajstić information content (AvgIpc) is 2.32. The van der Waals surface area contributed by atoms with Crippen LogP contribution < -0.4 is 5.73 Å². The van der Waals surface area contributed by atoms with Gasteiger partial charge in [0.15, 0.2) is 0 Å². The fraction of sp³-hybridized carbons (Fsp3) is 0.462. The number of nitrogens with two attached hydrogens (primary N) is 1. The number of likely N-dealkylation sites (tertiary alicyclic amines) is 1. The number of hydrogen-bond acceptors (Lipinski definition) is 2. The van der Waals surface area contributed by atoms with Gasteiger partial charge in [0.1, 0.15) is 0 Å². The van der Waals surface area contributed by atoms with Gasteiger partial charge in [0.05, 0.1) is 6.42 Å².